The molecule has 1 aromatic carbocycles. The lowest BCUT2D eigenvalue weighted by atomic mass is 10.2. The Kier molecular flexibility index (Phi) is 4.46. The molecule has 0 aliphatic carbocycles. The molecule has 2 aromatic heterocycles. The van der Waals surface area contributed by atoms with E-state index in [0.717, 1.165) is 23.6 Å². The van der Waals surface area contributed by atoms with Gasteiger partial charge in [0.05, 0.1) is 34.9 Å². The normalized spacial score (nSPS) is 10.8. The number of para-hydroxylation sites is 1. The highest BCUT2D eigenvalue weighted by molar-refractivity contribution is 5.96. The van der Waals surface area contributed by atoms with Gasteiger partial charge in [0.25, 0.3) is 5.91 Å². The minimum Gasteiger partial charge on any atom is -0.346 e. The second-order valence-electron chi connectivity index (χ2n) is 5.64. The van der Waals surface area contributed by atoms with Gasteiger partial charge >= 0.3 is 0 Å². The number of hydrogen-bond acceptors (Lipinski definition) is 3. The summed E-state index contributed by atoms with van der Waals surface area (Å²) in [6.45, 7) is 7.01. The van der Waals surface area contributed by atoms with Crippen molar-refractivity contribution in [2.45, 2.75) is 33.9 Å². The molecule has 0 radical (unpaired) electrons. The van der Waals surface area contributed by atoms with Gasteiger partial charge in [0.2, 0.25) is 0 Å². The van der Waals surface area contributed by atoms with Gasteiger partial charge in [0.15, 0.2) is 0 Å². The van der Waals surface area contributed by atoms with Gasteiger partial charge in [-0.1, -0.05) is 18.2 Å². The molecule has 0 bridgehead atoms. The Morgan fingerprint density at radius 3 is 2.54 bits per heavy atom. The number of nitrogens with one attached hydrogen (secondary N) is 1. The quantitative estimate of drug-likeness (QED) is 0.785. The number of aryl methyl sites for hydroxylation is 2. The Balaban J connectivity index is 1.79. The maximum absolute atomic E-state index is 12.6. The molecule has 0 aliphatic rings. The third-order valence-corrected chi connectivity index (χ3v) is 3.97. The molecule has 2 heterocycles. The second kappa shape index (κ2) is 6.70. The summed E-state index contributed by atoms with van der Waals surface area (Å²) in [4.78, 5) is 12.6. The molecule has 3 rings (SSSR count). The molecule has 1 amide bonds. The van der Waals surface area contributed by atoms with Crippen molar-refractivity contribution >= 4 is 5.91 Å². The average Bonchev–Trinajstić information content (AvgIpc) is 3.18. The van der Waals surface area contributed by atoms with Crippen LogP contribution in [-0.4, -0.2) is 25.5 Å². The molecular formula is C18H21N5O. The average molecular weight is 323 g/mol. The van der Waals surface area contributed by atoms with Crippen molar-refractivity contribution in [3.05, 3.63) is 65.2 Å². The van der Waals surface area contributed by atoms with Crippen molar-refractivity contribution in [1.82, 2.24) is 24.9 Å². The maximum Gasteiger partial charge on any atom is 0.255 e. The summed E-state index contributed by atoms with van der Waals surface area (Å²) in [7, 11) is 0. The van der Waals surface area contributed by atoms with Crippen LogP contribution in [0.4, 0.5) is 0 Å². The Hall–Kier alpha value is -2.89. The van der Waals surface area contributed by atoms with Crippen LogP contribution in [0.3, 0.4) is 0 Å². The highest BCUT2D eigenvalue weighted by atomic mass is 16.1. The molecule has 24 heavy (non-hydrogen) atoms. The number of carbonyl (C=O) groups is 1. The number of nitrogens with zero attached hydrogens (tertiary/aromatic N) is 4. The lowest BCUT2D eigenvalue weighted by molar-refractivity contribution is 0.0949. The first-order chi connectivity index (χ1) is 11.6. The van der Waals surface area contributed by atoms with Crippen molar-refractivity contribution in [3.8, 4) is 5.69 Å². The van der Waals surface area contributed by atoms with Gasteiger partial charge in [-0.25, -0.2) is 4.68 Å². The van der Waals surface area contributed by atoms with E-state index in [1.807, 2.05) is 68.0 Å². The summed E-state index contributed by atoms with van der Waals surface area (Å²) >= 11 is 0. The zero-order chi connectivity index (χ0) is 17.1. The standard InChI is InChI=1S/C18H21N5O/c1-4-22-11-10-15(21-22)12-19-18(24)17-13(2)20-23(14(17)3)16-8-6-5-7-9-16/h5-11H,4,12H2,1-3H3,(H,19,24). The second-order valence-corrected chi connectivity index (χ2v) is 5.64. The van der Waals surface area contributed by atoms with Crippen molar-refractivity contribution < 1.29 is 4.79 Å². The number of rotatable bonds is 5. The van der Waals surface area contributed by atoms with E-state index in [1.54, 1.807) is 4.68 Å². The van der Waals surface area contributed by atoms with Gasteiger partial charge < -0.3 is 5.32 Å². The van der Waals surface area contributed by atoms with E-state index in [2.05, 4.69) is 15.5 Å². The lowest BCUT2D eigenvalue weighted by Gasteiger charge is -2.06. The molecule has 1 N–H and O–H groups in total. The van der Waals surface area contributed by atoms with Gasteiger partial charge in [0, 0.05) is 12.7 Å². The predicted octanol–water partition coefficient (Wildman–Crippen LogP) is 2.64. The van der Waals surface area contributed by atoms with Gasteiger partial charge in [-0.2, -0.15) is 10.2 Å². The van der Waals surface area contributed by atoms with E-state index >= 15 is 0 Å². The van der Waals surface area contributed by atoms with Crippen LogP contribution in [0.15, 0.2) is 42.6 Å². The van der Waals surface area contributed by atoms with E-state index in [4.69, 9.17) is 0 Å². The van der Waals surface area contributed by atoms with Crippen LogP contribution in [0.25, 0.3) is 5.69 Å². The third-order valence-electron chi connectivity index (χ3n) is 3.97. The van der Waals surface area contributed by atoms with Gasteiger partial charge in [0.1, 0.15) is 0 Å². The monoisotopic (exact) mass is 323 g/mol. The molecule has 124 valence electrons. The fourth-order valence-electron chi connectivity index (χ4n) is 2.73. The van der Waals surface area contributed by atoms with E-state index < -0.39 is 0 Å². The molecular weight excluding hydrogens is 302 g/mol. The fraction of sp³-hybridized carbons (Fsp3) is 0.278. The van der Waals surface area contributed by atoms with E-state index in [9.17, 15) is 4.79 Å². The van der Waals surface area contributed by atoms with Crippen LogP contribution in [0.5, 0.6) is 0 Å². The Morgan fingerprint density at radius 1 is 1.12 bits per heavy atom. The number of hydrogen-bond donors (Lipinski definition) is 1. The Labute approximate surface area is 141 Å². The van der Waals surface area contributed by atoms with E-state index in [-0.39, 0.29) is 5.91 Å². The Bertz CT molecular complexity index is 848. The Morgan fingerprint density at radius 2 is 1.88 bits per heavy atom. The van der Waals surface area contributed by atoms with Crippen molar-refractivity contribution in [1.29, 1.82) is 0 Å². The molecule has 6 heteroatoms. The van der Waals surface area contributed by atoms with Crippen molar-refractivity contribution in [3.63, 3.8) is 0 Å². The molecule has 0 saturated carbocycles. The molecule has 0 atom stereocenters. The number of aromatic nitrogens is 4. The van der Waals surface area contributed by atoms with E-state index in [1.165, 1.54) is 0 Å². The largest absolute Gasteiger partial charge is 0.346 e. The first-order valence-corrected chi connectivity index (χ1v) is 8.02. The van der Waals surface area contributed by atoms with Crippen LogP contribution in [0.1, 0.15) is 34.4 Å². The number of amides is 1. The van der Waals surface area contributed by atoms with Crippen LogP contribution in [0.2, 0.25) is 0 Å². The molecule has 0 saturated heterocycles. The van der Waals surface area contributed by atoms with Crippen LogP contribution >= 0.6 is 0 Å². The zero-order valence-corrected chi connectivity index (χ0v) is 14.2. The minimum absolute atomic E-state index is 0.127. The summed E-state index contributed by atoms with van der Waals surface area (Å²) in [5.74, 6) is -0.127. The molecule has 0 aliphatic heterocycles. The summed E-state index contributed by atoms with van der Waals surface area (Å²) < 4.78 is 3.64. The molecule has 0 spiro atoms. The molecule has 0 fully saturated rings. The van der Waals surface area contributed by atoms with E-state index in [0.29, 0.717) is 17.8 Å². The lowest BCUT2D eigenvalue weighted by Crippen LogP contribution is -2.24. The fourth-order valence-corrected chi connectivity index (χ4v) is 2.73. The topological polar surface area (TPSA) is 64.7 Å². The van der Waals surface area contributed by atoms with Gasteiger partial charge in [-0.15, -0.1) is 0 Å². The molecule has 0 unspecified atom stereocenters. The van der Waals surface area contributed by atoms with Crippen molar-refractivity contribution in [2.75, 3.05) is 0 Å². The number of carbonyl (C=O) groups excluding carboxylic acids is 1. The maximum atomic E-state index is 12.6. The highest BCUT2D eigenvalue weighted by Crippen LogP contribution is 2.17. The SMILES string of the molecule is CCn1ccc(CNC(=O)c2c(C)nn(-c3ccccc3)c2C)n1. The smallest absolute Gasteiger partial charge is 0.255 e. The summed E-state index contributed by atoms with van der Waals surface area (Å²) in [5, 5.41) is 11.8. The minimum atomic E-state index is -0.127. The summed E-state index contributed by atoms with van der Waals surface area (Å²) in [6.07, 6.45) is 1.91. The van der Waals surface area contributed by atoms with Gasteiger partial charge in [-0.05, 0) is 39.0 Å². The van der Waals surface area contributed by atoms with Gasteiger partial charge in [-0.3, -0.25) is 9.48 Å². The van der Waals surface area contributed by atoms with Crippen LogP contribution in [-0.2, 0) is 13.1 Å². The van der Waals surface area contributed by atoms with Crippen LogP contribution < -0.4 is 5.32 Å². The summed E-state index contributed by atoms with van der Waals surface area (Å²) in [5.41, 5.74) is 3.95. The van der Waals surface area contributed by atoms with Crippen molar-refractivity contribution in [2.24, 2.45) is 0 Å². The third kappa shape index (κ3) is 3.08. The highest BCUT2D eigenvalue weighted by Gasteiger charge is 2.19. The first kappa shape index (κ1) is 16.0. The number of benzene rings is 1. The first-order valence-electron chi connectivity index (χ1n) is 8.02. The zero-order valence-electron chi connectivity index (χ0n) is 14.2. The summed E-state index contributed by atoms with van der Waals surface area (Å²) in [6, 6.07) is 11.7. The predicted molar refractivity (Wildman–Crippen MR) is 92.1 cm³/mol. The van der Waals surface area contributed by atoms with Crippen LogP contribution in [0, 0.1) is 13.8 Å². The molecule has 3 aromatic rings. The molecule has 6 nitrogen and oxygen atoms in total.